The summed E-state index contributed by atoms with van der Waals surface area (Å²) in [5.41, 5.74) is 5.35. The molecule has 0 aliphatic heterocycles. The monoisotopic (exact) mass is 212 g/mol. The van der Waals surface area contributed by atoms with Crippen LogP contribution in [0.2, 0.25) is 0 Å². The van der Waals surface area contributed by atoms with Gasteiger partial charge < -0.3 is 11.1 Å². The van der Waals surface area contributed by atoms with Gasteiger partial charge in [0.25, 0.3) is 0 Å². The maximum absolute atomic E-state index is 11.6. The Balaban J connectivity index is 2.76. The van der Waals surface area contributed by atoms with Crippen molar-refractivity contribution in [3.8, 4) is 0 Å². The average molecular weight is 212 g/mol. The van der Waals surface area contributed by atoms with Crippen LogP contribution in [-0.2, 0) is 4.79 Å². The molecule has 1 fully saturated rings. The molecule has 0 radical (unpaired) electrons. The van der Waals surface area contributed by atoms with Crippen LogP contribution in [0.25, 0.3) is 0 Å². The normalized spacial score (nSPS) is 30.1. The molecule has 0 aromatic rings. The number of nitrogens with one attached hydrogen (secondary N) is 1. The Hall–Kier alpha value is -0.570. The van der Waals surface area contributed by atoms with E-state index in [9.17, 15) is 4.79 Å². The third kappa shape index (κ3) is 2.94. The summed E-state index contributed by atoms with van der Waals surface area (Å²) in [4.78, 5) is 11.6. The number of hydrogen-bond acceptors (Lipinski definition) is 2. The molecule has 3 nitrogen and oxygen atoms in total. The molecule has 0 spiro atoms. The van der Waals surface area contributed by atoms with E-state index in [1.165, 1.54) is 6.42 Å². The Bertz CT molecular complexity index is 238. The predicted octanol–water partition coefficient (Wildman–Crippen LogP) is 1.81. The second kappa shape index (κ2) is 4.52. The van der Waals surface area contributed by atoms with Gasteiger partial charge in [-0.3, -0.25) is 4.79 Å². The fourth-order valence-corrected chi connectivity index (χ4v) is 2.68. The Kier molecular flexibility index (Phi) is 3.77. The molecule has 1 amide bonds. The largest absolute Gasteiger partial charge is 0.368 e. The number of rotatable bonds is 4. The SMILES string of the molecule is CCCNC1(C(N)=O)CCCC(C)(C)C1. The highest BCUT2D eigenvalue weighted by Gasteiger charge is 2.43. The lowest BCUT2D eigenvalue weighted by Gasteiger charge is -2.43. The summed E-state index contributed by atoms with van der Waals surface area (Å²) in [6.07, 6.45) is 5.08. The van der Waals surface area contributed by atoms with Crippen LogP contribution < -0.4 is 11.1 Å². The van der Waals surface area contributed by atoms with Crippen molar-refractivity contribution in [1.29, 1.82) is 0 Å². The number of primary amides is 1. The molecule has 88 valence electrons. The van der Waals surface area contributed by atoms with Gasteiger partial charge in [0.05, 0.1) is 5.54 Å². The Morgan fingerprint density at radius 2 is 2.07 bits per heavy atom. The van der Waals surface area contributed by atoms with Crippen molar-refractivity contribution in [2.75, 3.05) is 6.54 Å². The highest BCUT2D eigenvalue weighted by molar-refractivity contribution is 5.84. The van der Waals surface area contributed by atoms with E-state index in [1.807, 2.05) is 0 Å². The van der Waals surface area contributed by atoms with E-state index < -0.39 is 5.54 Å². The van der Waals surface area contributed by atoms with Gasteiger partial charge in [-0.15, -0.1) is 0 Å². The number of amides is 1. The van der Waals surface area contributed by atoms with Crippen molar-refractivity contribution in [2.24, 2.45) is 11.1 Å². The standard InChI is InChI=1S/C12H24N2O/c1-4-8-14-12(10(13)15)7-5-6-11(2,3)9-12/h14H,4-9H2,1-3H3,(H2,13,15). The van der Waals surface area contributed by atoms with E-state index in [2.05, 4.69) is 26.1 Å². The van der Waals surface area contributed by atoms with E-state index in [0.717, 1.165) is 32.2 Å². The van der Waals surface area contributed by atoms with Gasteiger partial charge in [-0.25, -0.2) is 0 Å². The molecule has 0 bridgehead atoms. The van der Waals surface area contributed by atoms with Crippen molar-refractivity contribution >= 4 is 5.91 Å². The summed E-state index contributed by atoms with van der Waals surface area (Å²) in [6.45, 7) is 7.42. The summed E-state index contributed by atoms with van der Waals surface area (Å²) >= 11 is 0. The lowest BCUT2D eigenvalue weighted by molar-refractivity contribution is -0.127. The number of nitrogens with two attached hydrogens (primary N) is 1. The predicted molar refractivity (Wildman–Crippen MR) is 62.5 cm³/mol. The van der Waals surface area contributed by atoms with Gasteiger partial charge >= 0.3 is 0 Å². The first-order chi connectivity index (χ1) is 6.92. The van der Waals surface area contributed by atoms with E-state index in [-0.39, 0.29) is 11.3 Å². The van der Waals surface area contributed by atoms with Gasteiger partial charge in [0.15, 0.2) is 0 Å². The van der Waals surface area contributed by atoms with E-state index in [0.29, 0.717) is 0 Å². The molecule has 0 aromatic heterocycles. The highest BCUT2D eigenvalue weighted by atomic mass is 16.1. The minimum atomic E-state index is -0.447. The maximum Gasteiger partial charge on any atom is 0.237 e. The summed E-state index contributed by atoms with van der Waals surface area (Å²) in [6, 6.07) is 0. The van der Waals surface area contributed by atoms with Crippen molar-refractivity contribution in [1.82, 2.24) is 5.32 Å². The molecule has 0 saturated heterocycles. The van der Waals surface area contributed by atoms with Gasteiger partial charge in [0, 0.05) is 0 Å². The maximum atomic E-state index is 11.6. The molecular weight excluding hydrogens is 188 g/mol. The zero-order valence-corrected chi connectivity index (χ0v) is 10.2. The van der Waals surface area contributed by atoms with Crippen LogP contribution in [0.15, 0.2) is 0 Å². The first-order valence-corrected chi connectivity index (χ1v) is 5.97. The van der Waals surface area contributed by atoms with Gasteiger partial charge in [-0.1, -0.05) is 27.2 Å². The van der Waals surface area contributed by atoms with Crippen molar-refractivity contribution < 1.29 is 4.79 Å². The van der Waals surface area contributed by atoms with Gasteiger partial charge in [-0.05, 0) is 37.6 Å². The molecule has 0 aromatic carbocycles. The van der Waals surface area contributed by atoms with E-state index in [4.69, 9.17) is 5.73 Å². The zero-order valence-electron chi connectivity index (χ0n) is 10.2. The lowest BCUT2D eigenvalue weighted by Crippen LogP contribution is -2.59. The second-order valence-electron chi connectivity index (χ2n) is 5.57. The Labute approximate surface area is 92.8 Å². The fourth-order valence-electron chi connectivity index (χ4n) is 2.68. The van der Waals surface area contributed by atoms with E-state index >= 15 is 0 Å². The average Bonchev–Trinajstić information content (AvgIpc) is 2.13. The minimum absolute atomic E-state index is 0.177. The van der Waals surface area contributed by atoms with Crippen LogP contribution in [0.5, 0.6) is 0 Å². The molecule has 15 heavy (non-hydrogen) atoms. The van der Waals surface area contributed by atoms with Gasteiger partial charge in [0.2, 0.25) is 5.91 Å². The van der Waals surface area contributed by atoms with Crippen LogP contribution in [0.3, 0.4) is 0 Å². The third-order valence-electron chi connectivity index (χ3n) is 3.42. The highest BCUT2D eigenvalue weighted by Crippen LogP contribution is 2.40. The molecule has 1 rings (SSSR count). The summed E-state index contributed by atoms with van der Waals surface area (Å²) < 4.78 is 0. The third-order valence-corrected chi connectivity index (χ3v) is 3.42. The molecule has 1 atom stereocenters. The first-order valence-electron chi connectivity index (χ1n) is 5.97. The molecule has 1 aliphatic rings. The van der Waals surface area contributed by atoms with Crippen molar-refractivity contribution in [2.45, 2.75) is 58.4 Å². The summed E-state index contributed by atoms with van der Waals surface area (Å²) in [5, 5.41) is 3.37. The van der Waals surface area contributed by atoms with Crippen LogP contribution >= 0.6 is 0 Å². The van der Waals surface area contributed by atoms with Gasteiger partial charge in [-0.2, -0.15) is 0 Å². The van der Waals surface area contributed by atoms with Crippen LogP contribution in [0.1, 0.15) is 52.9 Å². The smallest absolute Gasteiger partial charge is 0.237 e. The lowest BCUT2D eigenvalue weighted by atomic mass is 9.67. The number of hydrogen-bond donors (Lipinski definition) is 2. The quantitative estimate of drug-likeness (QED) is 0.746. The van der Waals surface area contributed by atoms with Crippen LogP contribution in [0.4, 0.5) is 0 Å². The number of carbonyl (C=O) groups excluding carboxylic acids is 1. The van der Waals surface area contributed by atoms with Gasteiger partial charge in [0.1, 0.15) is 0 Å². The molecule has 0 heterocycles. The van der Waals surface area contributed by atoms with E-state index in [1.54, 1.807) is 0 Å². The Morgan fingerprint density at radius 1 is 1.40 bits per heavy atom. The van der Waals surface area contributed by atoms with Crippen LogP contribution in [0, 0.1) is 5.41 Å². The second-order valence-corrected chi connectivity index (χ2v) is 5.57. The van der Waals surface area contributed by atoms with Crippen LogP contribution in [-0.4, -0.2) is 18.0 Å². The minimum Gasteiger partial charge on any atom is -0.368 e. The molecule has 1 unspecified atom stereocenters. The summed E-state index contributed by atoms with van der Waals surface area (Å²) in [5.74, 6) is -0.177. The molecular formula is C12H24N2O. The number of carbonyl (C=O) groups is 1. The summed E-state index contributed by atoms with van der Waals surface area (Å²) in [7, 11) is 0. The van der Waals surface area contributed by atoms with Crippen molar-refractivity contribution in [3.63, 3.8) is 0 Å². The Morgan fingerprint density at radius 3 is 2.53 bits per heavy atom. The molecule has 3 heteroatoms. The zero-order chi connectivity index (χ0) is 11.5. The topological polar surface area (TPSA) is 55.1 Å². The van der Waals surface area contributed by atoms with Crippen molar-refractivity contribution in [3.05, 3.63) is 0 Å². The molecule has 1 aliphatic carbocycles. The fraction of sp³-hybridized carbons (Fsp3) is 0.917. The molecule has 3 N–H and O–H groups in total. The molecule has 1 saturated carbocycles. The first kappa shape index (κ1) is 12.5.